The normalized spacial score (nSPS) is 13.0. The lowest BCUT2D eigenvalue weighted by Crippen LogP contribution is -2.34. The number of rotatable bonds is 2. The maximum absolute atomic E-state index is 11.6. The number of halogens is 2. The standard InChI is InChI=1S/C13H17Cl2NO2/c1-8(16-12(17)18-13(2,3)4)9-5-6-10(14)11(15)7-9/h5-8H,1-4H3,(H,16,17)/t8-/m1/s1. The second-order valence-corrected chi connectivity index (χ2v) is 5.86. The van der Waals surface area contributed by atoms with Crippen molar-refractivity contribution >= 4 is 29.3 Å². The van der Waals surface area contributed by atoms with Crippen molar-refractivity contribution in [3.8, 4) is 0 Å². The first kappa shape index (κ1) is 15.1. The van der Waals surface area contributed by atoms with E-state index in [1.54, 1.807) is 12.1 Å². The molecule has 0 aliphatic carbocycles. The van der Waals surface area contributed by atoms with Gasteiger partial charge in [-0.3, -0.25) is 0 Å². The summed E-state index contributed by atoms with van der Waals surface area (Å²) in [4.78, 5) is 11.6. The van der Waals surface area contributed by atoms with Gasteiger partial charge in [-0.2, -0.15) is 0 Å². The van der Waals surface area contributed by atoms with Gasteiger partial charge in [-0.05, 0) is 45.4 Å². The van der Waals surface area contributed by atoms with Gasteiger partial charge in [0.25, 0.3) is 0 Å². The Labute approximate surface area is 117 Å². The van der Waals surface area contributed by atoms with Crippen LogP contribution in [0.25, 0.3) is 0 Å². The van der Waals surface area contributed by atoms with E-state index >= 15 is 0 Å². The number of carbonyl (C=O) groups is 1. The van der Waals surface area contributed by atoms with Crippen LogP contribution in [0.4, 0.5) is 4.79 Å². The van der Waals surface area contributed by atoms with Gasteiger partial charge in [0.1, 0.15) is 5.60 Å². The minimum Gasteiger partial charge on any atom is -0.444 e. The van der Waals surface area contributed by atoms with Crippen molar-refractivity contribution in [3.63, 3.8) is 0 Å². The van der Waals surface area contributed by atoms with Crippen LogP contribution in [0.5, 0.6) is 0 Å². The van der Waals surface area contributed by atoms with Crippen LogP contribution in [0.1, 0.15) is 39.3 Å². The third kappa shape index (κ3) is 4.75. The van der Waals surface area contributed by atoms with Crippen LogP contribution in [0.3, 0.4) is 0 Å². The molecular weight excluding hydrogens is 273 g/mol. The highest BCUT2D eigenvalue weighted by atomic mass is 35.5. The molecule has 0 bridgehead atoms. The lowest BCUT2D eigenvalue weighted by Gasteiger charge is -2.22. The molecule has 5 heteroatoms. The van der Waals surface area contributed by atoms with E-state index in [1.165, 1.54) is 0 Å². The molecule has 1 aromatic rings. The molecule has 0 radical (unpaired) electrons. The van der Waals surface area contributed by atoms with Crippen molar-refractivity contribution in [2.45, 2.75) is 39.3 Å². The number of ether oxygens (including phenoxy) is 1. The predicted octanol–water partition coefficient (Wildman–Crippen LogP) is 4.58. The average molecular weight is 290 g/mol. The van der Waals surface area contributed by atoms with E-state index in [0.717, 1.165) is 5.56 Å². The first-order valence-corrected chi connectivity index (χ1v) is 6.39. The molecule has 0 aliphatic heterocycles. The van der Waals surface area contributed by atoms with Crippen molar-refractivity contribution < 1.29 is 9.53 Å². The number of carbonyl (C=O) groups excluding carboxylic acids is 1. The quantitative estimate of drug-likeness (QED) is 0.865. The van der Waals surface area contributed by atoms with Crippen LogP contribution >= 0.6 is 23.2 Å². The topological polar surface area (TPSA) is 38.3 Å². The number of hydrogen-bond donors (Lipinski definition) is 1. The van der Waals surface area contributed by atoms with Crippen molar-refractivity contribution in [1.29, 1.82) is 0 Å². The van der Waals surface area contributed by atoms with E-state index in [1.807, 2.05) is 33.8 Å². The molecule has 18 heavy (non-hydrogen) atoms. The van der Waals surface area contributed by atoms with Gasteiger partial charge in [0.15, 0.2) is 0 Å². The Hall–Kier alpha value is -0.930. The summed E-state index contributed by atoms with van der Waals surface area (Å²) in [5.74, 6) is 0. The lowest BCUT2D eigenvalue weighted by atomic mass is 10.1. The summed E-state index contributed by atoms with van der Waals surface area (Å²) < 4.78 is 5.17. The number of hydrogen-bond acceptors (Lipinski definition) is 2. The van der Waals surface area contributed by atoms with E-state index in [4.69, 9.17) is 27.9 Å². The molecule has 100 valence electrons. The average Bonchev–Trinajstić information content (AvgIpc) is 2.18. The van der Waals surface area contributed by atoms with Gasteiger partial charge in [-0.25, -0.2) is 4.79 Å². The molecular formula is C13H17Cl2NO2. The first-order chi connectivity index (χ1) is 8.19. The maximum Gasteiger partial charge on any atom is 0.408 e. The molecule has 1 amide bonds. The first-order valence-electron chi connectivity index (χ1n) is 5.63. The molecule has 0 aromatic heterocycles. The Bertz CT molecular complexity index is 441. The summed E-state index contributed by atoms with van der Waals surface area (Å²) in [6.07, 6.45) is -0.457. The largest absolute Gasteiger partial charge is 0.444 e. The van der Waals surface area contributed by atoms with Gasteiger partial charge < -0.3 is 10.1 Å². The third-order valence-corrected chi connectivity index (χ3v) is 2.92. The molecule has 0 saturated carbocycles. The van der Waals surface area contributed by atoms with E-state index in [9.17, 15) is 4.79 Å². The van der Waals surface area contributed by atoms with Crippen LogP contribution in [0, 0.1) is 0 Å². The van der Waals surface area contributed by atoms with Crippen molar-refractivity contribution in [2.75, 3.05) is 0 Å². The summed E-state index contributed by atoms with van der Waals surface area (Å²) in [6.45, 7) is 7.30. The van der Waals surface area contributed by atoms with Crippen molar-refractivity contribution in [3.05, 3.63) is 33.8 Å². The molecule has 0 fully saturated rings. The van der Waals surface area contributed by atoms with Crippen molar-refractivity contribution in [2.24, 2.45) is 0 Å². The zero-order valence-electron chi connectivity index (χ0n) is 10.9. The Balaban J connectivity index is 2.68. The fraction of sp³-hybridized carbons (Fsp3) is 0.462. The zero-order valence-corrected chi connectivity index (χ0v) is 12.4. The Morgan fingerprint density at radius 3 is 2.39 bits per heavy atom. The number of amides is 1. The van der Waals surface area contributed by atoms with Crippen LogP contribution in [-0.2, 0) is 4.74 Å². The predicted molar refractivity (Wildman–Crippen MR) is 74.2 cm³/mol. The fourth-order valence-electron chi connectivity index (χ4n) is 1.35. The molecule has 0 aliphatic rings. The Morgan fingerprint density at radius 1 is 1.28 bits per heavy atom. The summed E-state index contributed by atoms with van der Waals surface area (Å²) in [6, 6.07) is 5.05. The summed E-state index contributed by atoms with van der Waals surface area (Å²) in [5, 5.41) is 3.69. The fourth-order valence-corrected chi connectivity index (χ4v) is 1.66. The van der Waals surface area contributed by atoms with Crippen LogP contribution < -0.4 is 5.32 Å². The van der Waals surface area contributed by atoms with Gasteiger partial charge in [0, 0.05) is 0 Å². The monoisotopic (exact) mass is 289 g/mol. The Kier molecular flexibility index (Phi) is 4.88. The van der Waals surface area contributed by atoms with E-state index < -0.39 is 11.7 Å². The molecule has 0 heterocycles. The highest BCUT2D eigenvalue weighted by Gasteiger charge is 2.18. The molecule has 3 nitrogen and oxygen atoms in total. The van der Waals surface area contributed by atoms with Gasteiger partial charge in [0.2, 0.25) is 0 Å². The molecule has 1 aromatic carbocycles. The van der Waals surface area contributed by atoms with Gasteiger partial charge in [0.05, 0.1) is 16.1 Å². The number of benzene rings is 1. The summed E-state index contributed by atoms with van der Waals surface area (Å²) in [7, 11) is 0. The molecule has 0 spiro atoms. The SMILES string of the molecule is C[C@@H](NC(=O)OC(C)(C)C)c1ccc(Cl)c(Cl)c1. The van der Waals surface area contributed by atoms with Crippen LogP contribution in [0.2, 0.25) is 10.0 Å². The van der Waals surface area contributed by atoms with E-state index in [0.29, 0.717) is 10.0 Å². The maximum atomic E-state index is 11.6. The van der Waals surface area contributed by atoms with E-state index in [-0.39, 0.29) is 6.04 Å². The zero-order chi connectivity index (χ0) is 13.9. The Morgan fingerprint density at radius 2 is 1.89 bits per heavy atom. The van der Waals surface area contributed by atoms with Gasteiger partial charge in [-0.15, -0.1) is 0 Å². The second-order valence-electron chi connectivity index (χ2n) is 5.04. The highest BCUT2D eigenvalue weighted by molar-refractivity contribution is 6.42. The minimum absolute atomic E-state index is 0.199. The minimum atomic E-state index is -0.512. The molecule has 1 atom stereocenters. The molecule has 0 saturated heterocycles. The highest BCUT2D eigenvalue weighted by Crippen LogP contribution is 2.25. The number of alkyl carbamates (subject to hydrolysis) is 1. The van der Waals surface area contributed by atoms with Crippen LogP contribution in [-0.4, -0.2) is 11.7 Å². The molecule has 1 rings (SSSR count). The van der Waals surface area contributed by atoms with Crippen molar-refractivity contribution in [1.82, 2.24) is 5.32 Å². The number of nitrogens with one attached hydrogen (secondary N) is 1. The molecule has 0 unspecified atom stereocenters. The lowest BCUT2D eigenvalue weighted by molar-refractivity contribution is 0.0508. The third-order valence-electron chi connectivity index (χ3n) is 2.18. The van der Waals surface area contributed by atoms with Gasteiger partial charge in [-0.1, -0.05) is 29.3 Å². The second kappa shape index (κ2) is 5.81. The summed E-state index contributed by atoms with van der Waals surface area (Å²) >= 11 is 11.8. The smallest absolute Gasteiger partial charge is 0.408 e. The summed E-state index contributed by atoms with van der Waals surface area (Å²) in [5.41, 5.74) is 0.358. The van der Waals surface area contributed by atoms with Gasteiger partial charge >= 0.3 is 6.09 Å². The molecule has 1 N–H and O–H groups in total. The van der Waals surface area contributed by atoms with E-state index in [2.05, 4.69) is 5.32 Å². The van der Waals surface area contributed by atoms with Crippen LogP contribution in [0.15, 0.2) is 18.2 Å².